The van der Waals surface area contributed by atoms with Crippen molar-refractivity contribution in [3.63, 3.8) is 0 Å². The Morgan fingerprint density at radius 2 is 1.88 bits per heavy atom. The largest absolute Gasteiger partial charge is 0.350 e. The van der Waals surface area contributed by atoms with Gasteiger partial charge in [0.05, 0.1) is 0 Å². The molecule has 4 rings (SSSR count). The van der Waals surface area contributed by atoms with Crippen molar-refractivity contribution in [1.82, 2.24) is 25.1 Å². The van der Waals surface area contributed by atoms with E-state index >= 15 is 0 Å². The molecule has 1 unspecified atom stereocenters. The number of fused-ring (bicyclic) bond motifs is 1. The molecule has 1 aromatic carbocycles. The van der Waals surface area contributed by atoms with Crippen molar-refractivity contribution in [3.8, 4) is 11.4 Å². The molecular weight excluding hydrogens is 326 g/mol. The molecule has 2 aromatic heterocycles. The molecule has 0 spiro atoms. The first kappa shape index (κ1) is 16.4. The Balaban J connectivity index is 1.61. The van der Waals surface area contributed by atoms with Gasteiger partial charge in [0.1, 0.15) is 11.9 Å². The van der Waals surface area contributed by atoms with Gasteiger partial charge in [-0.25, -0.2) is 0 Å². The van der Waals surface area contributed by atoms with Crippen LogP contribution in [0.4, 0.5) is 0 Å². The maximum atomic E-state index is 13.0. The van der Waals surface area contributed by atoms with Crippen molar-refractivity contribution in [1.29, 1.82) is 0 Å². The first-order chi connectivity index (χ1) is 12.8. The van der Waals surface area contributed by atoms with Gasteiger partial charge in [0, 0.05) is 30.9 Å². The minimum Gasteiger partial charge on any atom is -0.350 e. The molecule has 3 aromatic rings. The van der Waals surface area contributed by atoms with Crippen molar-refractivity contribution in [3.05, 3.63) is 66.2 Å². The Hall–Kier alpha value is -3.02. The molecule has 26 heavy (non-hydrogen) atoms. The van der Waals surface area contributed by atoms with Gasteiger partial charge in [0.25, 0.3) is 0 Å². The molecule has 0 saturated heterocycles. The van der Waals surface area contributed by atoms with E-state index in [0.717, 1.165) is 48.5 Å². The maximum Gasteiger partial charge on any atom is 0.243 e. The summed E-state index contributed by atoms with van der Waals surface area (Å²) in [6.07, 6.45) is 7.16. The molecule has 132 valence electrons. The molecule has 0 bridgehead atoms. The summed E-state index contributed by atoms with van der Waals surface area (Å²) < 4.78 is 2.03. The Bertz CT molecular complexity index is 876. The van der Waals surface area contributed by atoms with E-state index in [1.54, 1.807) is 12.4 Å². The van der Waals surface area contributed by atoms with E-state index in [2.05, 4.69) is 20.5 Å². The van der Waals surface area contributed by atoms with Gasteiger partial charge in [-0.15, -0.1) is 10.2 Å². The van der Waals surface area contributed by atoms with E-state index < -0.39 is 0 Å². The summed E-state index contributed by atoms with van der Waals surface area (Å²) in [4.78, 5) is 17.0. The van der Waals surface area contributed by atoms with Crippen LogP contribution in [-0.2, 0) is 17.8 Å². The number of carbonyl (C=O) groups is 1. The zero-order valence-corrected chi connectivity index (χ0v) is 14.5. The van der Waals surface area contributed by atoms with Crippen molar-refractivity contribution in [2.45, 2.75) is 38.3 Å². The summed E-state index contributed by atoms with van der Waals surface area (Å²) in [5, 5.41) is 11.8. The number of hydrogen-bond donors (Lipinski definition) is 1. The lowest BCUT2D eigenvalue weighted by Crippen LogP contribution is -2.32. The van der Waals surface area contributed by atoms with Crippen molar-refractivity contribution < 1.29 is 4.79 Å². The smallest absolute Gasteiger partial charge is 0.243 e. The maximum absolute atomic E-state index is 13.0. The molecular formula is C20H21N5O. The Labute approximate surface area is 152 Å². The second kappa shape index (κ2) is 7.47. The molecule has 0 saturated carbocycles. The minimum atomic E-state index is -0.278. The predicted octanol–water partition coefficient (Wildman–Crippen LogP) is 2.92. The Kier molecular flexibility index (Phi) is 4.73. The lowest BCUT2D eigenvalue weighted by molar-refractivity contribution is -0.124. The number of nitrogens with one attached hydrogen (secondary N) is 1. The number of nitrogens with zero attached hydrogens (tertiary/aromatic N) is 4. The first-order valence-corrected chi connectivity index (χ1v) is 8.99. The highest BCUT2D eigenvalue weighted by Gasteiger charge is 2.28. The van der Waals surface area contributed by atoms with Crippen LogP contribution in [0.3, 0.4) is 0 Å². The molecule has 0 radical (unpaired) electrons. The second-order valence-electron chi connectivity index (χ2n) is 6.51. The van der Waals surface area contributed by atoms with Gasteiger partial charge in [-0.2, -0.15) is 0 Å². The van der Waals surface area contributed by atoms with Gasteiger partial charge >= 0.3 is 0 Å². The molecule has 1 N–H and O–H groups in total. The number of aromatic nitrogens is 4. The summed E-state index contributed by atoms with van der Waals surface area (Å²) in [5.41, 5.74) is 2.02. The van der Waals surface area contributed by atoms with E-state index in [0.29, 0.717) is 6.54 Å². The zero-order chi connectivity index (χ0) is 17.8. The Morgan fingerprint density at radius 3 is 2.69 bits per heavy atom. The van der Waals surface area contributed by atoms with Crippen LogP contribution in [0, 0.1) is 0 Å². The molecule has 1 atom stereocenters. The van der Waals surface area contributed by atoms with E-state index in [4.69, 9.17) is 0 Å². The molecule has 0 aliphatic carbocycles. The monoisotopic (exact) mass is 347 g/mol. The average molecular weight is 347 g/mol. The molecule has 1 aliphatic heterocycles. The van der Waals surface area contributed by atoms with Crippen LogP contribution < -0.4 is 5.32 Å². The number of benzene rings is 1. The number of pyridine rings is 1. The highest BCUT2D eigenvalue weighted by Crippen LogP contribution is 2.29. The van der Waals surface area contributed by atoms with E-state index in [-0.39, 0.29) is 11.9 Å². The third kappa shape index (κ3) is 3.35. The van der Waals surface area contributed by atoms with Gasteiger partial charge < -0.3 is 5.32 Å². The summed E-state index contributed by atoms with van der Waals surface area (Å²) in [7, 11) is 0. The minimum absolute atomic E-state index is 0.0157. The topological polar surface area (TPSA) is 72.7 Å². The summed E-state index contributed by atoms with van der Waals surface area (Å²) >= 11 is 0. The van der Waals surface area contributed by atoms with E-state index in [1.807, 2.05) is 47.0 Å². The van der Waals surface area contributed by atoms with Crippen LogP contribution in [0.2, 0.25) is 0 Å². The van der Waals surface area contributed by atoms with Crippen LogP contribution in [-0.4, -0.2) is 25.7 Å². The van der Waals surface area contributed by atoms with Crippen LogP contribution >= 0.6 is 0 Å². The number of amides is 1. The van der Waals surface area contributed by atoms with Gasteiger partial charge in [0.15, 0.2) is 5.82 Å². The van der Waals surface area contributed by atoms with Gasteiger partial charge in [0.2, 0.25) is 5.91 Å². The summed E-state index contributed by atoms with van der Waals surface area (Å²) in [6, 6.07) is 13.5. The zero-order valence-electron chi connectivity index (χ0n) is 14.5. The fraction of sp³-hybridized carbons (Fsp3) is 0.300. The SMILES string of the molecule is O=C(NCc1ccncc1)C1CCCCc2nnc(-c3ccccc3)n21. The molecule has 1 amide bonds. The van der Waals surface area contributed by atoms with Crippen LogP contribution in [0.15, 0.2) is 54.9 Å². The second-order valence-corrected chi connectivity index (χ2v) is 6.51. The molecule has 1 aliphatic rings. The summed E-state index contributed by atoms with van der Waals surface area (Å²) in [6.45, 7) is 0.496. The average Bonchev–Trinajstić information content (AvgIpc) is 3.00. The normalized spacial score (nSPS) is 16.5. The van der Waals surface area contributed by atoms with Crippen molar-refractivity contribution >= 4 is 5.91 Å². The van der Waals surface area contributed by atoms with Crippen LogP contribution in [0.25, 0.3) is 11.4 Å². The molecule has 6 nitrogen and oxygen atoms in total. The van der Waals surface area contributed by atoms with Gasteiger partial charge in [-0.3, -0.25) is 14.3 Å². The van der Waals surface area contributed by atoms with E-state index in [1.165, 1.54) is 0 Å². The lowest BCUT2D eigenvalue weighted by atomic mass is 10.1. The molecule has 0 fully saturated rings. The number of rotatable bonds is 4. The van der Waals surface area contributed by atoms with Gasteiger partial charge in [-0.1, -0.05) is 36.8 Å². The van der Waals surface area contributed by atoms with Crippen LogP contribution in [0.5, 0.6) is 0 Å². The third-order valence-corrected chi connectivity index (χ3v) is 4.76. The molecule has 6 heteroatoms. The summed E-state index contributed by atoms with van der Waals surface area (Å²) in [5.74, 6) is 1.68. The number of carbonyl (C=O) groups excluding carboxylic acids is 1. The lowest BCUT2D eigenvalue weighted by Gasteiger charge is -2.19. The molecule has 3 heterocycles. The fourth-order valence-corrected chi connectivity index (χ4v) is 3.41. The highest BCUT2D eigenvalue weighted by atomic mass is 16.2. The highest BCUT2D eigenvalue weighted by molar-refractivity contribution is 5.81. The first-order valence-electron chi connectivity index (χ1n) is 8.99. The van der Waals surface area contributed by atoms with E-state index in [9.17, 15) is 4.79 Å². The van der Waals surface area contributed by atoms with Gasteiger partial charge in [-0.05, 0) is 30.5 Å². The standard InChI is InChI=1S/C20H21N5O/c26-20(22-14-15-10-12-21-13-11-15)17-8-4-5-9-18-23-24-19(25(17)18)16-6-2-1-3-7-16/h1-3,6-7,10-13,17H,4-5,8-9,14H2,(H,22,26). The quantitative estimate of drug-likeness (QED) is 0.787. The van der Waals surface area contributed by atoms with Crippen molar-refractivity contribution in [2.75, 3.05) is 0 Å². The van der Waals surface area contributed by atoms with Crippen molar-refractivity contribution in [2.24, 2.45) is 0 Å². The number of aryl methyl sites for hydroxylation is 1. The predicted molar refractivity (Wildman–Crippen MR) is 98.1 cm³/mol. The Morgan fingerprint density at radius 1 is 1.08 bits per heavy atom. The van der Waals surface area contributed by atoms with Crippen LogP contribution in [0.1, 0.15) is 36.7 Å². The fourth-order valence-electron chi connectivity index (χ4n) is 3.41. The third-order valence-electron chi connectivity index (χ3n) is 4.76. The number of hydrogen-bond acceptors (Lipinski definition) is 4.